The van der Waals surface area contributed by atoms with Crippen LogP contribution < -0.4 is 0 Å². The minimum absolute atomic E-state index is 1.00. The van der Waals surface area contributed by atoms with Crippen LogP contribution in [-0.4, -0.2) is 0 Å². The third-order valence-corrected chi connectivity index (χ3v) is 2.61. The molecule has 0 spiro atoms. The molecule has 2 aromatic carbocycles. The molecule has 0 unspecified atom stereocenters. The summed E-state index contributed by atoms with van der Waals surface area (Å²) in [6.45, 7) is 2.18. The summed E-state index contributed by atoms with van der Waals surface area (Å²) in [5, 5.41) is 0. The Morgan fingerprint density at radius 3 is 2.27 bits per heavy atom. The van der Waals surface area contributed by atoms with Gasteiger partial charge in [0.25, 0.3) is 0 Å². The van der Waals surface area contributed by atoms with Crippen molar-refractivity contribution in [2.45, 2.75) is 19.8 Å². The van der Waals surface area contributed by atoms with E-state index >= 15 is 0 Å². The van der Waals surface area contributed by atoms with E-state index in [4.69, 9.17) is 0 Å². The molecule has 0 saturated carbocycles. The van der Waals surface area contributed by atoms with E-state index < -0.39 is 0 Å². The van der Waals surface area contributed by atoms with Gasteiger partial charge in [0.2, 0.25) is 0 Å². The number of hydrogen-bond donors (Lipinski definition) is 0. The second-order valence-electron chi connectivity index (χ2n) is 3.76. The molecule has 0 nitrogen and oxygen atoms in total. The van der Waals surface area contributed by atoms with Gasteiger partial charge in [-0.25, -0.2) is 0 Å². The first-order chi connectivity index (χ1) is 7.38. The fourth-order valence-electron chi connectivity index (χ4n) is 1.67. The number of hydrogen-bond acceptors (Lipinski definition) is 0. The van der Waals surface area contributed by atoms with Crippen LogP contribution in [0.1, 0.15) is 23.6 Å². The van der Waals surface area contributed by atoms with Crippen LogP contribution in [0, 0.1) is 6.07 Å². The van der Waals surface area contributed by atoms with Crippen LogP contribution in [0.15, 0.2) is 48.5 Å². The molecule has 0 aliphatic heterocycles. The van der Waals surface area contributed by atoms with Crippen LogP contribution in [-0.2, 0) is 12.8 Å². The van der Waals surface area contributed by atoms with E-state index in [1.54, 1.807) is 0 Å². The van der Waals surface area contributed by atoms with E-state index in [-0.39, 0.29) is 0 Å². The van der Waals surface area contributed by atoms with Crippen molar-refractivity contribution < 1.29 is 0 Å². The van der Waals surface area contributed by atoms with Crippen molar-refractivity contribution in [2.75, 3.05) is 0 Å². The van der Waals surface area contributed by atoms with Gasteiger partial charge in [0.15, 0.2) is 0 Å². The van der Waals surface area contributed by atoms with Crippen molar-refractivity contribution in [3.8, 4) is 0 Å². The van der Waals surface area contributed by atoms with Gasteiger partial charge in [-0.3, -0.25) is 0 Å². The lowest BCUT2D eigenvalue weighted by molar-refractivity contribution is 1.12. The topological polar surface area (TPSA) is 0 Å². The fraction of sp³-hybridized carbons (Fsp3) is 0.200. The van der Waals surface area contributed by atoms with Gasteiger partial charge in [-0.05, 0) is 35.6 Å². The average molecular weight is 195 g/mol. The highest BCUT2D eigenvalue weighted by Crippen LogP contribution is 2.10. The first-order valence-corrected chi connectivity index (χ1v) is 5.41. The molecule has 0 fully saturated rings. The van der Waals surface area contributed by atoms with Crippen molar-refractivity contribution >= 4 is 0 Å². The number of benzene rings is 2. The van der Waals surface area contributed by atoms with Gasteiger partial charge >= 0.3 is 0 Å². The Labute approximate surface area is 91.6 Å². The standard InChI is InChI=1S/C15H15/c1-2-13-8-10-15(11-9-13)12-14-6-4-3-5-7-14/h3-4,6-11H,2,12H2,1H3. The Balaban J connectivity index is 2.11. The van der Waals surface area contributed by atoms with Gasteiger partial charge in [-0.2, -0.15) is 0 Å². The van der Waals surface area contributed by atoms with Gasteiger partial charge in [-0.1, -0.05) is 55.5 Å². The second kappa shape index (κ2) is 4.79. The van der Waals surface area contributed by atoms with Gasteiger partial charge in [0, 0.05) is 0 Å². The maximum Gasteiger partial charge on any atom is -0.00256 e. The molecular weight excluding hydrogens is 180 g/mol. The van der Waals surface area contributed by atoms with Crippen molar-refractivity contribution in [1.82, 2.24) is 0 Å². The predicted molar refractivity (Wildman–Crippen MR) is 63.9 cm³/mol. The molecule has 0 aromatic heterocycles. The SMILES string of the molecule is CCc1ccc(Cc2c[c]ccc2)cc1. The van der Waals surface area contributed by atoms with Crippen molar-refractivity contribution in [3.05, 3.63) is 71.3 Å². The average Bonchev–Trinajstić information content (AvgIpc) is 2.31. The maximum atomic E-state index is 3.10. The summed E-state index contributed by atoms with van der Waals surface area (Å²) in [6, 6.07) is 20.1. The summed E-state index contributed by atoms with van der Waals surface area (Å²) in [5.41, 5.74) is 4.09. The zero-order chi connectivity index (χ0) is 10.5. The van der Waals surface area contributed by atoms with Gasteiger partial charge < -0.3 is 0 Å². The van der Waals surface area contributed by atoms with E-state index in [0.717, 1.165) is 12.8 Å². The lowest BCUT2D eigenvalue weighted by Crippen LogP contribution is -1.88. The lowest BCUT2D eigenvalue weighted by Gasteiger charge is -2.02. The number of rotatable bonds is 3. The molecule has 0 aliphatic rings. The van der Waals surface area contributed by atoms with E-state index in [1.165, 1.54) is 16.7 Å². The third kappa shape index (κ3) is 2.69. The normalized spacial score (nSPS) is 10.2. The number of aryl methyl sites for hydroxylation is 1. The molecule has 0 atom stereocenters. The first kappa shape index (κ1) is 9.97. The largest absolute Gasteiger partial charge is 0.0614 e. The summed E-state index contributed by atoms with van der Waals surface area (Å²) < 4.78 is 0. The first-order valence-electron chi connectivity index (χ1n) is 5.41. The highest BCUT2D eigenvalue weighted by atomic mass is 14.0. The maximum absolute atomic E-state index is 3.10. The molecule has 2 aromatic rings. The third-order valence-electron chi connectivity index (χ3n) is 2.61. The van der Waals surface area contributed by atoms with Crippen LogP contribution in [0.4, 0.5) is 0 Å². The zero-order valence-electron chi connectivity index (χ0n) is 9.03. The van der Waals surface area contributed by atoms with E-state index in [9.17, 15) is 0 Å². The Morgan fingerprint density at radius 2 is 1.67 bits per heavy atom. The molecule has 0 saturated heterocycles. The van der Waals surface area contributed by atoms with Crippen LogP contribution >= 0.6 is 0 Å². The molecule has 0 heterocycles. The Morgan fingerprint density at radius 1 is 0.933 bits per heavy atom. The van der Waals surface area contributed by atoms with Gasteiger partial charge in [0.05, 0.1) is 0 Å². The summed E-state index contributed by atoms with van der Waals surface area (Å²) in [7, 11) is 0. The lowest BCUT2D eigenvalue weighted by atomic mass is 10.0. The summed E-state index contributed by atoms with van der Waals surface area (Å²) in [5.74, 6) is 0. The summed E-state index contributed by atoms with van der Waals surface area (Å²) >= 11 is 0. The van der Waals surface area contributed by atoms with Gasteiger partial charge in [0.1, 0.15) is 0 Å². The van der Waals surface area contributed by atoms with Crippen molar-refractivity contribution in [3.63, 3.8) is 0 Å². The minimum atomic E-state index is 1.00. The molecule has 15 heavy (non-hydrogen) atoms. The van der Waals surface area contributed by atoms with Crippen molar-refractivity contribution in [2.24, 2.45) is 0 Å². The zero-order valence-corrected chi connectivity index (χ0v) is 9.03. The fourth-order valence-corrected chi connectivity index (χ4v) is 1.67. The second-order valence-corrected chi connectivity index (χ2v) is 3.76. The Bertz CT molecular complexity index is 398. The molecule has 0 aliphatic carbocycles. The molecule has 0 N–H and O–H groups in total. The molecular formula is C15H15. The Kier molecular flexibility index (Phi) is 3.18. The highest BCUT2D eigenvalue weighted by molar-refractivity contribution is 5.28. The highest BCUT2D eigenvalue weighted by Gasteiger charge is 1.95. The smallest absolute Gasteiger partial charge is 0.00256 e. The van der Waals surface area contributed by atoms with E-state index in [0.29, 0.717) is 0 Å². The monoisotopic (exact) mass is 195 g/mol. The Hall–Kier alpha value is -1.56. The molecule has 0 heteroatoms. The van der Waals surface area contributed by atoms with Crippen LogP contribution in [0.2, 0.25) is 0 Å². The molecule has 75 valence electrons. The van der Waals surface area contributed by atoms with E-state index in [2.05, 4.69) is 43.3 Å². The van der Waals surface area contributed by atoms with Crippen molar-refractivity contribution in [1.29, 1.82) is 0 Å². The molecule has 0 bridgehead atoms. The molecule has 0 amide bonds. The van der Waals surface area contributed by atoms with Crippen LogP contribution in [0.3, 0.4) is 0 Å². The van der Waals surface area contributed by atoms with Crippen LogP contribution in [0.5, 0.6) is 0 Å². The van der Waals surface area contributed by atoms with E-state index in [1.807, 2.05) is 18.2 Å². The van der Waals surface area contributed by atoms with Gasteiger partial charge in [-0.15, -0.1) is 0 Å². The minimum Gasteiger partial charge on any atom is -0.0614 e. The summed E-state index contributed by atoms with van der Waals surface area (Å²) in [4.78, 5) is 0. The molecule has 1 radical (unpaired) electrons. The quantitative estimate of drug-likeness (QED) is 0.701. The summed E-state index contributed by atoms with van der Waals surface area (Å²) in [6.07, 6.45) is 2.11. The molecule has 2 rings (SSSR count). The van der Waals surface area contributed by atoms with Crippen LogP contribution in [0.25, 0.3) is 0 Å². The predicted octanol–water partition coefficient (Wildman–Crippen LogP) is 3.64.